The van der Waals surface area contributed by atoms with E-state index in [1.54, 1.807) is 0 Å². The molecule has 0 aromatic rings. The Labute approximate surface area is 110 Å². The van der Waals surface area contributed by atoms with Crippen LogP contribution in [-0.4, -0.2) is 47.4 Å². The van der Waals surface area contributed by atoms with E-state index in [0.29, 0.717) is 24.5 Å². The van der Waals surface area contributed by atoms with Gasteiger partial charge in [-0.25, -0.2) is 0 Å². The summed E-state index contributed by atoms with van der Waals surface area (Å²) < 4.78 is 0. The van der Waals surface area contributed by atoms with Crippen molar-refractivity contribution >= 4 is 5.91 Å². The molecule has 0 N–H and O–H groups in total. The van der Waals surface area contributed by atoms with E-state index in [-0.39, 0.29) is 11.8 Å². The van der Waals surface area contributed by atoms with Gasteiger partial charge in [0.25, 0.3) is 0 Å². The number of hydrogen-bond acceptors (Lipinski definition) is 2. The van der Waals surface area contributed by atoms with Crippen molar-refractivity contribution in [3.05, 3.63) is 0 Å². The Hall–Kier alpha value is -1.01. The molecule has 98 valence electrons. The van der Waals surface area contributed by atoms with Crippen molar-refractivity contribution in [2.75, 3.05) is 13.6 Å². The number of carbonyl (C=O) groups excluding carboxylic acids is 1. The van der Waals surface area contributed by atoms with Gasteiger partial charge in [0.05, 0.1) is 0 Å². The van der Waals surface area contributed by atoms with Crippen LogP contribution in [0.1, 0.15) is 38.5 Å². The molecular formula is C15H22N2O. The Bertz CT molecular complexity index is 372. The van der Waals surface area contributed by atoms with Crippen LogP contribution in [0.5, 0.6) is 0 Å². The lowest BCUT2D eigenvalue weighted by molar-refractivity contribution is -0.131. The zero-order valence-electron chi connectivity index (χ0n) is 11.1. The maximum absolute atomic E-state index is 12.1. The zero-order chi connectivity index (χ0) is 12.7. The molecule has 3 aliphatic rings. The summed E-state index contributed by atoms with van der Waals surface area (Å²) in [6, 6.07) is 1.81. The smallest absolute Gasteiger partial charge is 0.224 e. The molecule has 0 aliphatic carbocycles. The van der Waals surface area contributed by atoms with Gasteiger partial charge in [0.1, 0.15) is 0 Å². The number of likely N-dealkylation sites (tertiary alicyclic amines) is 1. The van der Waals surface area contributed by atoms with Gasteiger partial charge in [-0.15, -0.1) is 12.3 Å². The van der Waals surface area contributed by atoms with Gasteiger partial charge in [0.15, 0.2) is 0 Å². The molecule has 3 nitrogen and oxygen atoms in total. The Morgan fingerprint density at radius 3 is 2.44 bits per heavy atom. The molecule has 3 fully saturated rings. The van der Waals surface area contributed by atoms with Crippen molar-refractivity contribution < 1.29 is 4.79 Å². The lowest BCUT2D eigenvalue weighted by Gasteiger charge is -2.49. The minimum atomic E-state index is 0.150. The monoisotopic (exact) mass is 246 g/mol. The molecule has 2 bridgehead atoms. The summed E-state index contributed by atoms with van der Waals surface area (Å²) in [6.45, 7) is 0.795. The third kappa shape index (κ3) is 1.93. The lowest BCUT2D eigenvalue weighted by Crippen LogP contribution is -2.55. The summed E-state index contributed by atoms with van der Waals surface area (Å²) in [7, 11) is 2.25. The number of piperidine rings is 2. The van der Waals surface area contributed by atoms with Crippen molar-refractivity contribution in [1.82, 2.24) is 9.80 Å². The second-order valence-corrected chi connectivity index (χ2v) is 6.14. The first-order chi connectivity index (χ1) is 8.69. The molecule has 0 radical (unpaired) electrons. The summed E-state index contributed by atoms with van der Waals surface area (Å²) in [5, 5.41) is 0. The van der Waals surface area contributed by atoms with Crippen LogP contribution in [-0.2, 0) is 4.79 Å². The fourth-order valence-electron chi connectivity index (χ4n) is 4.04. The number of fused-ring (bicyclic) bond motifs is 2. The van der Waals surface area contributed by atoms with Crippen molar-refractivity contribution in [1.29, 1.82) is 0 Å². The van der Waals surface area contributed by atoms with Crippen molar-refractivity contribution in [2.24, 2.45) is 5.92 Å². The van der Waals surface area contributed by atoms with Crippen molar-refractivity contribution in [3.63, 3.8) is 0 Å². The molecule has 18 heavy (non-hydrogen) atoms. The minimum absolute atomic E-state index is 0.150. The quantitative estimate of drug-likeness (QED) is 0.654. The summed E-state index contributed by atoms with van der Waals surface area (Å²) in [5.41, 5.74) is 0. The van der Waals surface area contributed by atoms with E-state index in [0.717, 1.165) is 19.4 Å². The highest BCUT2D eigenvalue weighted by molar-refractivity contribution is 5.79. The number of hydrogen-bond donors (Lipinski definition) is 0. The highest BCUT2D eigenvalue weighted by Crippen LogP contribution is 2.36. The summed E-state index contributed by atoms with van der Waals surface area (Å²) in [5.74, 6) is 3.18. The molecule has 1 amide bonds. The average Bonchev–Trinajstić information content (AvgIpc) is 2.70. The first-order valence-electron chi connectivity index (χ1n) is 7.16. The predicted octanol–water partition coefficient (Wildman–Crippen LogP) is 1.48. The van der Waals surface area contributed by atoms with Crippen LogP contribution in [0.25, 0.3) is 0 Å². The molecule has 4 atom stereocenters. The van der Waals surface area contributed by atoms with E-state index in [1.165, 1.54) is 19.3 Å². The van der Waals surface area contributed by atoms with Gasteiger partial charge < -0.3 is 9.80 Å². The van der Waals surface area contributed by atoms with E-state index in [4.69, 9.17) is 6.42 Å². The number of terminal acetylenes is 1. The highest BCUT2D eigenvalue weighted by atomic mass is 16.2. The molecule has 3 heterocycles. The van der Waals surface area contributed by atoms with Crippen LogP contribution in [0, 0.1) is 18.3 Å². The summed E-state index contributed by atoms with van der Waals surface area (Å²) in [6.07, 6.45) is 12.3. The summed E-state index contributed by atoms with van der Waals surface area (Å²) >= 11 is 0. The number of rotatable bonds is 1. The summed E-state index contributed by atoms with van der Waals surface area (Å²) in [4.78, 5) is 16.7. The van der Waals surface area contributed by atoms with E-state index in [9.17, 15) is 4.79 Å². The highest BCUT2D eigenvalue weighted by Gasteiger charge is 2.41. The number of nitrogens with zero attached hydrogens (tertiary/aromatic N) is 2. The van der Waals surface area contributed by atoms with E-state index in [1.807, 2.05) is 0 Å². The van der Waals surface area contributed by atoms with Crippen molar-refractivity contribution in [2.45, 2.75) is 56.7 Å². The van der Waals surface area contributed by atoms with Crippen LogP contribution in [0.3, 0.4) is 0 Å². The maximum Gasteiger partial charge on any atom is 0.224 e. The molecule has 3 heteroatoms. The molecule has 3 aliphatic heterocycles. The third-order valence-electron chi connectivity index (χ3n) is 5.15. The fourth-order valence-corrected chi connectivity index (χ4v) is 4.04. The normalized spacial score (nSPS) is 40.9. The zero-order valence-corrected chi connectivity index (χ0v) is 11.1. The molecular weight excluding hydrogens is 224 g/mol. The van der Waals surface area contributed by atoms with E-state index in [2.05, 4.69) is 22.8 Å². The Morgan fingerprint density at radius 2 is 1.89 bits per heavy atom. The molecule has 0 saturated carbocycles. The Balaban J connectivity index is 1.71. The Kier molecular flexibility index (Phi) is 3.07. The van der Waals surface area contributed by atoms with E-state index < -0.39 is 0 Å². The van der Waals surface area contributed by atoms with Gasteiger partial charge in [-0.2, -0.15) is 0 Å². The second kappa shape index (κ2) is 4.59. The SMILES string of the molecule is C#CC1CC(=O)N(C2C[C@H]3CCC[C@@H](C2)N3C)C1. The van der Waals surface area contributed by atoms with Gasteiger partial charge in [0.2, 0.25) is 5.91 Å². The second-order valence-electron chi connectivity index (χ2n) is 6.14. The van der Waals surface area contributed by atoms with Crippen molar-refractivity contribution in [3.8, 4) is 12.3 Å². The van der Waals surface area contributed by atoms with Gasteiger partial charge in [-0.05, 0) is 32.7 Å². The topological polar surface area (TPSA) is 23.6 Å². The standard InChI is InChI=1S/C15H22N2O/c1-3-11-7-15(18)17(10-11)14-8-12-5-4-6-13(9-14)16(12)2/h1,11-14H,4-10H2,2H3/t11?,12-,13+,14?. The average molecular weight is 246 g/mol. The Morgan fingerprint density at radius 1 is 1.22 bits per heavy atom. The molecule has 0 spiro atoms. The van der Waals surface area contributed by atoms with Crippen LogP contribution in [0.2, 0.25) is 0 Å². The molecule has 3 saturated heterocycles. The van der Waals surface area contributed by atoms with Gasteiger partial charge in [-0.1, -0.05) is 6.42 Å². The lowest BCUT2D eigenvalue weighted by atomic mass is 9.82. The van der Waals surface area contributed by atoms with E-state index >= 15 is 0 Å². The molecule has 2 unspecified atom stereocenters. The van der Waals surface area contributed by atoms with Gasteiger partial charge in [-0.3, -0.25) is 4.79 Å². The van der Waals surface area contributed by atoms with Gasteiger partial charge >= 0.3 is 0 Å². The van der Waals surface area contributed by atoms with Gasteiger partial charge in [0, 0.05) is 37.0 Å². The first-order valence-corrected chi connectivity index (χ1v) is 7.16. The van der Waals surface area contributed by atoms with Crippen LogP contribution in [0.15, 0.2) is 0 Å². The van der Waals surface area contributed by atoms with Crippen LogP contribution in [0.4, 0.5) is 0 Å². The first kappa shape index (κ1) is 12.0. The van der Waals surface area contributed by atoms with Crippen LogP contribution < -0.4 is 0 Å². The third-order valence-corrected chi connectivity index (χ3v) is 5.15. The number of carbonyl (C=O) groups is 1. The minimum Gasteiger partial charge on any atom is -0.338 e. The number of amides is 1. The predicted molar refractivity (Wildman–Crippen MR) is 70.9 cm³/mol. The molecule has 0 aromatic carbocycles. The fraction of sp³-hybridized carbons (Fsp3) is 0.800. The molecule has 3 rings (SSSR count). The largest absolute Gasteiger partial charge is 0.338 e. The molecule has 0 aromatic heterocycles. The van der Waals surface area contributed by atoms with Crippen LogP contribution >= 0.6 is 0 Å². The maximum atomic E-state index is 12.1.